The Morgan fingerprint density at radius 2 is 2.00 bits per heavy atom. The van der Waals surface area contributed by atoms with Crippen LogP contribution in [0.15, 0.2) is 16.7 Å². The number of hydrogen-bond donors (Lipinski definition) is 0. The van der Waals surface area contributed by atoms with Gasteiger partial charge in [0.05, 0.1) is 5.56 Å². The van der Waals surface area contributed by atoms with Gasteiger partial charge in [0, 0.05) is 38.0 Å². The van der Waals surface area contributed by atoms with Gasteiger partial charge < -0.3 is 14.4 Å². The maximum absolute atomic E-state index is 12.4. The Hall–Kier alpha value is -0.690. The van der Waals surface area contributed by atoms with E-state index in [0.717, 1.165) is 0 Å². The Labute approximate surface area is 125 Å². The Morgan fingerprint density at radius 3 is 2.53 bits per heavy atom. The number of ether oxygens (including phenoxy) is 2. The Kier molecular flexibility index (Phi) is 4.78. The molecule has 0 aromatic carbocycles. The fourth-order valence-electron chi connectivity index (χ4n) is 2.11. The Morgan fingerprint density at radius 1 is 1.42 bits per heavy atom. The molecule has 2 heterocycles. The van der Waals surface area contributed by atoms with Crippen LogP contribution in [0.3, 0.4) is 0 Å². The molecule has 1 saturated heterocycles. The lowest BCUT2D eigenvalue weighted by atomic mass is 10.2. The third kappa shape index (κ3) is 3.08. The number of nitrogens with zero attached hydrogens (tertiary/aromatic N) is 2. The van der Waals surface area contributed by atoms with Crippen LogP contribution in [-0.4, -0.2) is 55.3 Å². The summed E-state index contributed by atoms with van der Waals surface area (Å²) in [6.45, 7) is 0.966. The van der Waals surface area contributed by atoms with E-state index in [1.165, 1.54) is 0 Å². The number of methoxy groups -OCH3 is 2. The first-order valence-electron chi connectivity index (χ1n) is 5.72. The molecule has 5 nitrogen and oxygen atoms in total. The molecule has 1 amide bonds. The van der Waals surface area contributed by atoms with Crippen LogP contribution in [0, 0.1) is 0 Å². The van der Waals surface area contributed by atoms with E-state index < -0.39 is 0 Å². The number of pyridine rings is 1. The largest absolute Gasteiger partial charge is 0.377 e. The van der Waals surface area contributed by atoms with Crippen LogP contribution >= 0.6 is 27.5 Å². The normalized spacial score (nSPS) is 22.8. The van der Waals surface area contributed by atoms with Crippen LogP contribution < -0.4 is 0 Å². The van der Waals surface area contributed by atoms with Crippen molar-refractivity contribution in [1.29, 1.82) is 0 Å². The van der Waals surface area contributed by atoms with Crippen LogP contribution in [0.2, 0.25) is 5.15 Å². The summed E-state index contributed by atoms with van der Waals surface area (Å²) in [6, 6.07) is 1.67. The average molecular weight is 350 g/mol. The van der Waals surface area contributed by atoms with Gasteiger partial charge in [-0.2, -0.15) is 0 Å². The fourth-order valence-corrected chi connectivity index (χ4v) is 2.62. The zero-order valence-electron chi connectivity index (χ0n) is 10.6. The summed E-state index contributed by atoms with van der Waals surface area (Å²) in [5, 5.41) is 0.197. The highest BCUT2D eigenvalue weighted by Gasteiger charge is 2.36. The van der Waals surface area contributed by atoms with Crippen LogP contribution in [-0.2, 0) is 9.47 Å². The maximum Gasteiger partial charge on any atom is 0.257 e. The van der Waals surface area contributed by atoms with Gasteiger partial charge in [-0.3, -0.25) is 4.79 Å². The van der Waals surface area contributed by atoms with Crippen molar-refractivity contribution < 1.29 is 14.3 Å². The topological polar surface area (TPSA) is 51.7 Å². The predicted octanol–water partition coefficient (Wildman–Crippen LogP) is 1.98. The van der Waals surface area contributed by atoms with E-state index in [1.807, 2.05) is 0 Å². The number of hydrogen-bond acceptors (Lipinski definition) is 4. The highest BCUT2D eigenvalue weighted by Crippen LogP contribution is 2.23. The van der Waals surface area contributed by atoms with Crippen molar-refractivity contribution in [3.05, 3.63) is 27.5 Å². The number of carbonyl (C=O) groups excluding carboxylic acids is 1. The van der Waals surface area contributed by atoms with Gasteiger partial charge in [-0.15, -0.1) is 0 Å². The first-order chi connectivity index (χ1) is 9.06. The highest BCUT2D eigenvalue weighted by molar-refractivity contribution is 9.10. The summed E-state index contributed by atoms with van der Waals surface area (Å²) < 4.78 is 11.3. The van der Waals surface area contributed by atoms with Crippen LogP contribution in [0.5, 0.6) is 0 Å². The van der Waals surface area contributed by atoms with Crippen molar-refractivity contribution in [1.82, 2.24) is 9.88 Å². The SMILES string of the molecule is COC1CN(C(=O)c2cc(Br)cnc2Cl)CC1OC. The number of carbonyl (C=O) groups is 1. The lowest BCUT2D eigenvalue weighted by molar-refractivity contribution is -0.00461. The van der Waals surface area contributed by atoms with Gasteiger partial charge in [0.25, 0.3) is 5.91 Å². The molecule has 1 aliphatic rings. The number of aromatic nitrogens is 1. The molecule has 19 heavy (non-hydrogen) atoms. The molecule has 0 spiro atoms. The molecule has 104 valence electrons. The number of halogens is 2. The number of likely N-dealkylation sites (tertiary alicyclic amines) is 1. The monoisotopic (exact) mass is 348 g/mol. The van der Waals surface area contributed by atoms with Gasteiger partial charge in [0.1, 0.15) is 17.4 Å². The fraction of sp³-hybridized carbons (Fsp3) is 0.500. The minimum atomic E-state index is -0.166. The van der Waals surface area contributed by atoms with Crippen molar-refractivity contribution in [3.8, 4) is 0 Å². The van der Waals surface area contributed by atoms with E-state index in [9.17, 15) is 4.79 Å². The summed E-state index contributed by atoms with van der Waals surface area (Å²) in [7, 11) is 3.22. The Bertz CT molecular complexity index is 474. The summed E-state index contributed by atoms with van der Waals surface area (Å²) in [5.41, 5.74) is 0.377. The van der Waals surface area contributed by atoms with E-state index in [1.54, 1.807) is 31.4 Å². The van der Waals surface area contributed by atoms with Gasteiger partial charge in [-0.05, 0) is 22.0 Å². The van der Waals surface area contributed by atoms with E-state index in [4.69, 9.17) is 21.1 Å². The molecule has 1 aromatic heterocycles. The molecule has 0 radical (unpaired) electrons. The van der Waals surface area contributed by atoms with E-state index in [2.05, 4.69) is 20.9 Å². The lowest BCUT2D eigenvalue weighted by Crippen LogP contribution is -2.30. The van der Waals surface area contributed by atoms with Gasteiger partial charge >= 0.3 is 0 Å². The van der Waals surface area contributed by atoms with Gasteiger partial charge in [-0.25, -0.2) is 4.98 Å². The number of amides is 1. The van der Waals surface area contributed by atoms with Gasteiger partial charge in [0.2, 0.25) is 0 Å². The highest BCUT2D eigenvalue weighted by atomic mass is 79.9. The summed E-state index contributed by atoms with van der Waals surface area (Å²) in [5.74, 6) is -0.166. The zero-order chi connectivity index (χ0) is 14.0. The second kappa shape index (κ2) is 6.17. The molecule has 0 bridgehead atoms. The summed E-state index contributed by atoms with van der Waals surface area (Å²) in [4.78, 5) is 18.0. The first-order valence-corrected chi connectivity index (χ1v) is 6.89. The van der Waals surface area contributed by atoms with E-state index >= 15 is 0 Å². The molecule has 0 aliphatic carbocycles. The quantitative estimate of drug-likeness (QED) is 0.783. The minimum Gasteiger partial charge on any atom is -0.377 e. The van der Waals surface area contributed by atoms with Crippen molar-refractivity contribution in [3.63, 3.8) is 0 Å². The Balaban J connectivity index is 2.19. The zero-order valence-corrected chi connectivity index (χ0v) is 12.9. The third-order valence-electron chi connectivity index (χ3n) is 3.14. The van der Waals surface area contributed by atoms with Crippen molar-refractivity contribution >= 4 is 33.4 Å². The molecule has 0 saturated carbocycles. The second-order valence-corrected chi connectivity index (χ2v) is 5.52. The smallest absolute Gasteiger partial charge is 0.257 e. The molecule has 1 fully saturated rings. The van der Waals surface area contributed by atoms with Crippen molar-refractivity contribution in [2.45, 2.75) is 12.2 Å². The maximum atomic E-state index is 12.4. The van der Waals surface area contributed by atoms with Gasteiger partial charge in [-0.1, -0.05) is 11.6 Å². The van der Waals surface area contributed by atoms with Crippen LogP contribution in [0.4, 0.5) is 0 Å². The summed E-state index contributed by atoms with van der Waals surface area (Å²) >= 11 is 9.25. The predicted molar refractivity (Wildman–Crippen MR) is 74.4 cm³/mol. The third-order valence-corrected chi connectivity index (χ3v) is 3.88. The lowest BCUT2D eigenvalue weighted by Gasteiger charge is -2.16. The van der Waals surface area contributed by atoms with E-state index in [-0.39, 0.29) is 23.3 Å². The van der Waals surface area contributed by atoms with Crippen molar-refractivity contribution in [2.24, 2.45) is 0 Å². The molecule has 0 N–H and O–H groups in total. The average Bonchev–Trinajstić information content (AvgIpc) is 2.84. The van der Waals surface area contributed by atoms with Crippen LogP contribution in [0.25, 0.3) is 0 Å². The van der Waals surface area contributed by atoms with Gasteiger partial charge in [0.15, 0.2) is 0 Å². The summed E-state index contributed by atoms with van der Waals surface area (Å²) in [6.07, 6.45) is 1.32. The molecule has 1 aliphatic heterocycles. The molecular weight excluding hydrogens is 336 g/mol. The molecule has 7 heteroatoms. The molecule has 1 aromatic rings. The van der Waals surface area contributed by atoms with Crippen molar-refractivity contribution in [2.75, 3.05) is 27.3 Å². The molecule has 2 rings (SSSR count). The molecule has 2 unspecified atom stereocenters. The number of rotatable bonds is 3. The van der Waals surface area contributed by atoms with E-state index in [0.29, 0.717) is 23.1 Å². The second-order valence-electron chi connectivity index (χ2n) is 4.25. The van der Waals surface area contributed by atoms with Crippen LogP contribution in [0.1, 0.15) is 10.4 Å². The first kappa shape index (κ1) is 14.7. The molecular formula is C12H14BrClN2O3. The minimum absolute atomic E-state index is 0.118. The standard InChI is InChI=1S/C12H14BrClN2O3/c1-18-9-5-16(6-10(9)19-2)12(17)8-3-7(13)4-15-11(8)14/h3-4,9-10H,5-6H2,1-2H3. The molecule has 2 atom stereocenters.